The molecular weight excluding hydrogens is 556 g/mol. The van der Waals surface area contributed by atoms with Gasteiger partial charge in [-0.1, -0.05) is 41.0 Å². The third kappa shape index (κ3) is 4.91. The molecule has 7 nitrogen and oxygen atoms in total. The fraction of sp³-hybridized carbons (Fsp3) is 0.267. The molecule has 2 aliphatic rings. The van der Waals surface area contributed by atoms with E-state index in [-0.39, 0.29) is 23.3 Å². The van der Waals surface area contributed by atoms with Crippen LogP contribution in [0.25, 0.3) is 17.0 Å². The zero-order chi connectivity index (χ0) is 28.2. The van der Waals surface area contributed by atoms with Crippen molar-refractivity contribution in [3.8, 4) is 17.0 Å². The van der Waals surface area contributed by atoms with Crippen molar-refractivity contribution < 1.29 is 23.9 Å². The molecule has 0 atom stereocenters. The molecule has 10 heteroatoms. The maximum atomic E-state index is 13.9. The number of aliphatic hydroxyl groups is 2. The highest BCUT2D eigenvalue weighted by molar-refractivity contribution is 6.33. The van der Waals surface area contributed by atoms with Crippen LogP contribution in [-0.4, -0.2) is 33.4 Å². The summed E-state index contributed by atoms with van der Waals surface area (Å²) >= 11 is 13.0. The Morgan fingerprint density at radius 1 is 1.18 bits per heavy atom. The van der Waals surface area contributed by atoms with Crippen molar-refractivity contribution in [3.63, 3.8) is 0 Å². The van der Waals surface area contributed by atoms with Gasteiger partial charge in [0.15, 0.2) is 0 Å². The summed E-state index contributed by atoms with van der Waals surface area (Å²) in [6.45, 7) is 6.06. The summed E-state index contributed by atoms with van der Waals surface area (Å²) in [4.78, 5) is 6.25. The minimum atomic E-state index is -1.14. The summed E-state index contributed by atoms with van der Waals surface area (Å²) in [7, 11) is 0. The largest absolute Gasteiger partial charge is 0.508 e. The van der Waals surface area contributed by atoms with E-state index in [1.807, 2.05) is 4.90 Å². The lowest BCUT2D eigenvalue weighted by molar-refractivity contribution is 0.00712. The van der Waals surface area contributed by atoms with Gasteiger partial charge in [0, 0.05) is 28.8 Å². The van der Waals surface area contributed by atoms with Crippen LogP contribution in [-0.2, 0) is 12.2 Å². The van der Waals surface area contributed by atoms with Crippen LogP contribution < -0.4 is 9.64 Å². The highest BCUT2D eigenvalue weighted by Crippen LogP contribution is 2.46. The van der Waals surface area contributed by atoms with Gasteiger partial charge in [0.2, 0.25) is 0 Å². The van der Waals surface area contributed by atoms with Crippen LogP contribution in [0.5, 0.6) is 5.75 Å². The molecular formula is C30H26Cl2FN3O4. The first-order chi connectivity index (χ1) is 19.1. The second kappa shape index (κ2) is 10.1. The average molecular weight is 582 g/mol. The Labute approximate surface area is 240 Å². The highest BCUT2D eigenvalue weighted by Gasteiger charge is 2.44. The first kappa shape index (κ1) is 26.6. The first-order valence-corrected chi connectivity index (χ1v) is 13.6. The molecule has 2 aromatic heterocycles. The smallest absolute Gasteiger partial charge is 0.147 e. The van der Waals surface area contributed by atoms with Crippen LogP contribution in [0.15, 0.2) is 59.8 Å². The molecule has 1 saturated carbocycles. The molecule has 2 fully saturated rings. The minimum absolute atomic E-state index is 0.0494. The van der Waals surface area contributed by atoms with Crippen molar-refractivity contribution in [1.82, 2.24) is 10.1 Å². The van der Waals surface area contributed by atoms with Gasteiger partial charge in [0.1, 0.15) is 46.8 Å². The third-order valence-corrected chi connectivity index (χ3v) is 8.00. The number of pyridine rings is 1. The average Bonchev–Trinajstić information content (AvgIpc) is 3.65. The predicted molar refractivity (Wildman–Crippen MR) is 151 cm³/mol. The van der Waals surface area contributed by atoms with Crippen molar-refractivity contribution in [2.45, 2.75) is 37.9 Å². The van der Waals surface area contributed by atoms with Crippen LogP contribution in [0.4, 0.5) is 10.2 Å². The van der Waals surface area contributed by atoms with Gasteiger partial charge in [0.05, 0.1) is 28.7 Å². The Hall–Kier alpha value is -3.59. The number of hydrogen-bond acceptors (Lipinski definition) is 7. The maximum absolute atomic E-state index is 13.9. The van der Waals surface area contributed by atoms with Gasteiger partial charge in [-0.15, -0.1) is 0 Å². The van der Waals surface area contributed by atoms with Gasteiger partial charge in [-0.25, -0.2) is 9.37 Å². The molecule has 40 heavy (non-hydrogen) atoms. The Morgan fingerprint density at radius 3 is 2.58 bits per heavy atom. The number of aromatic nitrogens is 2. The van der Waals surface area contributed by atoms with Gasteiger partial charge in [-0.2, -0.15) is 0 Å². The molecule has 3 heterocycles. The molecule has 0 unspecified atom stereocenters. The number of aryl methyl sites for hydroxylation is 1. The fourth-order valence-corrected chi connectivity index (χ4v) is 5.80. The molecule has 0 amide bonds. The summed E-state index contributed by atoms with van der Waals surface area (Å²) in [6, 6.07) is 11.4. The van der Waals surface area contributed by atoms with Gasteiger partial charge < -0.3 is 24.4 Å². The quantitative estimate of drug-likeness (QED) is 0.213. The zero-order valence-electron chi connectivity index (χ0n) is 21.6. The van der Waals surface area contributed by atoms with Gasteiger partial charge in [-0.3, -0.25) is 0 Å². The second-order valence-electron chi connectivity index (χ2n) is 10.4. The summed E-state index contributed by atoms with van der Waals surface area (Å²) < 4.78 is 25.7. The van der Waals surface area contributed by atoms with Crippen LogP contribution in [0.2, 0.25) is 10.0 Å². The van der Waals surface area contributed by atoms with E-state index >= 15 is 0 Å². The molecule has 2 aromatic carbocycles. The molecule has 1 aliphatic carbocycles. The lowest BCUT2D eigenvalue weighted by Crippen LogP contribution is -2.60. The van der Waals surface area contributed by atoms with E-state index < -0.39 is 11.4 Å². The van der Waals surface area contributed by atoms with Crippen molar-refractivity contribution >= 4 is 34.8 Å². The number of anilines is 1. The molecule has 6 rings (SSSR count). The van der Waals surface area contributed by atoms with E-state index in [0.717, 1.165) is 24.2 Å². The van der Waals surface area contributed by atoms with E-state index in [1.54, 1.807) is 37.3 Å². The van der Waals surface area contributed by atoms with Crippen molar-refractivity contribution in [1.29, 1.82) is 0 Å². The third-order valence-electron chi connectivity index (χ3n) is 7.39. The monoisotopic (exact) mass is 581 g/mol. The lowest BCUT2D eigenvalue weighted by atomic mass is 9.86. The minimum Gasteiger partial charge on any atom is -0.508 e. The summed E-state index contributed by atoms with van der Waals surface area (Å²) in [5.74, 6) is 1.76. The Kier molecular flexibility index (Phi) is 6.73. The van der Waals surface area contributed by atoms with Gasteiger partial charge >= 0.3 is 0 Å². The fourth-order valence-electron chi connectivity index (χ4n) is 5.11. The number of rotatable bonds is 8. The normalized spacial score (nSPS) is 16.1. The topological polar surface area (TPSA) is 91.9 Å². The molecule has 1 aliphatic heterocycles. The molecule has 0 bridgehead atoms. The number of aliphatic hydroxyl groups excluding tert-OH is 1. The number of ether oxygens (including phenoxy) is 1. The molecule has 4 aromatic rings. The van der Waals surface area contributed by atoms with Crippen LogP contribution in [0, 0.1) is 12.7 Å². The van der Waals surface area contributed by atoms with Crippen LogP contribution in [0.1, 0.15) is 46.8 Å². The SMILES string of the molecule is C=C(O)c1ccc(N2CC(O)(c3ccc(OCc4c(-c5c(C)cc(F)cc5Cl)noc4C4CC4)cc3Cl)C2)nc1. The van der Waals surface area contributed by atoms with E-state index in [2.05, 4.69) is 16.7 Å². The number of β-amino-alcohol motifs (C(OH)–C–C–N with tert-alkyl or cyclic N) is 1. The van der Waals surface area contributed by atoms with Gasteiger partial charge in [-0.05, 0) is 61.7 Å². The Balaban J connectivity index is 1.18. The van der Waals surface area contributed by atoms with Crippen molar-refractivity contribution in [3.05, 3.63) is 99.1 Å². The number of halogens is 3. The Morgan fingerprint density at radius 2 is 1.95 bits per heavy atom. The molecule has 0 radical (unpaired) electrons. The summed E-state index contributed by atoms with van der Waals surface area (Å²) in [5.41, 5.74) is 2.58. The van der Waals surface area contributed by atoms with E-state index in [1.165, 1.54) is 18.3 Å². The van der Waals surface area contributed by atoms with E-state index in [0.29, 0.717) is 57.6 Å². The van der Waals surface area contributed by atoms with Crippen molar-refractivity contribution in [2.75, 3.05) is 18.0 Å². The highest BCUT2D eigenvalue weighted by atomic mass is 35.5. The summed E-state index contributed by atoms with van der Waals surface area (Å²) in [6.07, 6.45) is 3.55. The van der Waals surface area contributed by atoms with Crippen molar-refractivity contribution in [2.24, 2.45) is 0 Å². The van der Waals surface area contributed by atoms with Crippen LogP contribution >= 0.6 is 23.2 Å². The Bertz CT molecular complexity index is 1590. The van der Waals surface area contributed by atoms with Crippen LogP contribution in [0.3, 0.4) is 0 Å². The van der Waals surface area contributed by atoms with Gasteiger partial charge in [0.25, 0.3) is 0 Å². The predicted octanol–water partition coefficient (Wildman–Crippen LogP) is 7.18. The van der Waals surface area contributed by atoms with E-state index in [4.69, 9.17) is 32.5 Å². The lowest BCUT2D eigenvalue weighted by Gasteiger charge is -2.47. The molecule has 2 N–H and O–H groups in total. The number of hydrogen-bond donors (Lipinski definition) is 2. The molecule has 1 saturated heterocycles. The summed E-state index contributed by atoms with van der Waals surface area (Å²) in [5, 5.41) is 25.7. The van der Waals surface area contributed by atoms with E-state index in [9.17, 15) is 14.6 Å². The number of nitrogens with zero attached hydrogens (tertiary/aromatic N) is 3. The number of benzene rings is 2. The second-order valence-corrected chi connectivity index (χ2v) is 11.2. The maximum Gasteiger partial charge on any atom is 0.147 e. The standard InChI is InChI=1S/C30H26Cl2FN3O4/c1-16-9-20(33)10-25(32)27(16)28-22(29(40-35-28)18-3-4-18)13-39-21-6-7-23(24(31)11-21)30(38)14-36(15-30)26-8-5-19(12-34-26)17(2)37/h5-12,18,37-38H,2-4,13-15H2,1H3. The first-order valence-electron chi connectivity index (χ1n) is 12.8. The zero-order valence-corrected chi connectivity index (χ0v) is 23.1. The molecule has 206 valence electrons. The molecule has 0 spiro atoms.